The van der Waals surface area contributed by atoms with Crippen molar-refractivity contribution in [2.75, 3.05) is 6.54 Å². The molecule has 1 atom stereocenters. The second-order valence-electron chi connectivity index (χ2n) is 2.32. The van der Waals surface area contributed by atoms with E-state index in [1.54, 1.807) is 0 Å². The lowest BCUT2D eigenvalue weighted by molar-refractivity contribution is -0.145. The van der Waals surface area contributed by atoms with Crippen molar-refractivity contribution in [3.63, 3.8) is 0 Å². The van der Waals surface area contributed by atoms with Gasteiger partial charge in [0.25, 0.3) is 0 Å². The summed E-state index contributed by atoms with van der Waals surface area (Å²) < 4.78 is 0. The molecule has 74 valence electrons. The standard InChI is InChI=1S/C6H11N3O4/c7-2-4(8)9-3(6(12)13)1-5(10)11/h3H,1-2,7H2,(H2,8,9)(H,10,11)(H,12,13). The van der Waals surface area contributed by atoms with Gasteiger partial charge in [-0.05, 0) is 0 Å². The number of carboxylic acids is 2. The average molecular weight is 189 g/mol. The minimum absolute atomic E-state index is 0.149. The molecule has 0 spiro atoms. The molecule has 0 aromatic rings. The van der Waals surface area contributed by atoms with Crippen molar-refractivity contribution in [3.05, 3.63) is 0 Å². The van der Waals surface area contributed by atoms with Gasteiger partial charge in [0, 0.05) is 0 Å². The molecule has 0 bridgehead atoms. The number of aliphatic carboxylic acids is 2. The van der Waals surface area contributed by atoms with Crippen molar-refractivity contribution in [3.8, 4) is 0 Å². The van der Waals surface area contributed by atoms with E-state index in [0.717, 1.165) is 0 Å². The fourth-order valence-corrected chi connectivity index (χ4v) is 0.644. The first-order chi connectivity index (χ1) is 5.97. The number of nitrogens with one attached hydrogen (secondary N) is 2. The smallest absolute Gasteiger partial charge is 0.326 e. The molecule has 0 rings (SSSR count). The molecule has 7 heteroatoms. The molecule has 0 aliphatic heterocycles. The zero-order valence-electron chi connectivity index (χ0n) is 6.78. The maximum absolute atomic E-state index is 10.4. The topological polar surface area (TPSA) is 136 Å². The highest BCUT2D eigenvalue weighted by molar-refractivity contribution is 5.88. The monoisotopic (exact) mass is 189 g/mol. The summed E-state index contributed by atoms with van der Waals surface area (Å²) in [6.07, 6.45) is -0.586. The molecule has 0 saturated heterocycles. The van der Waals surface area contributed by atoms with Gasteiger partial charge >= 0.3 is 11.9 Å². The number of amidine groups is 1. The van der Waals surface area contributed by atoms with E-state index in [1.807, 2.05) is 0 Å². The number of carbonyl (C=O) groups is 2. The van der Waals surface area contributed by atoms with Crippen LogP contribution in [-0.4, -0.2) is 40.6 Å². The van der Waals surface area contributed by atoms with E-state index in [-0.39, 0.29) is 12.4 Å². The highest BCUT2D eigenvalue weighted by Crippen LogP contribution is 1.92. The summed E-state index contributed by atoms with van der Waals surface area (Å²) >= 11 is 0. The molecule has 0 radical (unpaired) electrons. The molecule has 6 N–H and O–H groups in total. The van der Waals surface area contributed by atoms with Crippen LogP contribution in [0.4, 0.5) is 0 Å². The Bertz CT molecular complexity index is 228. The van der Waals surface area contributed by atoms with Gasteiger partial charge in [-0.3, -0.25) is 10.2 Å². The van der Waals surface area contributed by atoms with Crippen LogP contribution in [-0.2, 0) is 9.59 Å². The largest absolute Gasteiger partial charge is 0.481 e. The quantitative estimate of drug-likeness (QED) is 0.262. The van der Waals surface area contributed by atoms with Gasteiger partial charge in [-0.25, -0.2) is 4.79 Å². The summed E-state index contributed by atoms with van der Waals surface area (Å²) in [6.45, 7) is -0.149. The number of hydrogen-bond donors (Lipinski definition) is 5. The Labute approximate surface area is 74.1 Å². The van der Waals surface area contributed by atoms with Crippen molar-refractivity contribution in [1.82, 2.24) is 5.32 Å². The molecular weight excluding hydrogens is 178 g/mol. The Morgan fingerprint density at radius 1 is 1.46 bits per heavy atom. The molecule has 7 nitrogen and oxygen atoms in total. The normalized spacial score (nSPS) is 11.8. The lowest BCUT2D eigenvalue weighted by Crippen LogP contribution is -2.44. The molecule has 0 amide bonds. The predicted octanol–water partition coefficient (Wildman–Crippen LogP) is -1.56. The van der Waals surface area contributed by atoms with E-state index in [9.17, 15) is 9.59 Å². The minimum atomic E-state index is -1.32. The Morgan fingerprint density at radius 2 is 2.00 bits per heavy atom. The van der Waals surface area contributed by atoms with E-state index in [4.69, 9.17) is 21.4 Å². The molecule has 0 aromatic heterocycles. The molecule has 0 saturated carbocycles. The van der Waals surface area contributed by atoms with Crippen LogP contribution >= 0.6 is 0 Å². The van der Waals surface area contributed by atoms with Gasteiger partial charge in [0.2, 0.25) is 0 Å². The van der Waals surface area contributed by atoms with Gasteiger partial charge in [-0.2, -0.15) is 0 Å². The third kappa shape index (κ3) is 4.75. The first-order valence-corrected chi connectivity index (χ1v) is 3.46. The minimum Gasteiger partial charge on any atom is -0.481 e. The Morgan fingerprint density at radius 3 is 2.31 bits per heavy atom. The maximum Gasteiger partial charge on any atom is 0.326 e. The van der Waals surface area contributed by atoms with Crippen LogP contribution in [0.2, 0.25) is 0 Å². The molecular formula is C6H11N3O4. The Hall–Kier alpha value is -1.63. The van der Waals surface area contributed by atoms with Crippen LogP contribution in [0.25, 0.3) is 0 Å². The summed E-state index contributed by atoms with van der Waals surface area (Å²) in [5, 5.41) is 26.0. The molecule has 1 unspecified atom stereocenters. The first-order valence-electron chi connectivity index (χ1n) is 3.46. The number of carboxylic acid groups (broad SMARTS) is 2. The molecule has 0 heterocycles. The summed E-state index contributed by atoms with van der Waals surface area (Å²) in [5.41, 5.74) is 5.02. The summed E-state index contributed by atoms with van der Waals surface area (Å²) in [4.78, 5) is 20.6. The van der Waals surface area contributed by atoms with Crippen molar-refractivity contribution >= 4 is 17.8 Å². The van der Waals surface area contributed by atoms with E-state index < -0.39 is 24.4 Å². The zero-order chi connectivity index (χ0) is 10.4. The van der Waals surface area contributed by atoms with E-state index in [0.29, 0.717) is 0 Å². The zero-order valence-corrected chi connectivity index (χ0v) is 6.78. The molecule has 0 aliphatic rings. The highest BCUT2D eigenvalue weighted by atomic mass is 16.4. The fraction of sp³-hybridized carbons (Fsp3) is 0.500. The SMILES string of the molecule is N=C(CN)NC(CC(=O)O)C(=O)O. The second-order valence-corrected chi connectivity index (χ2v) is 2.32. The van der Waals surface area contributed by atoms with Crippen LogP contribution in [0, 0.1) is 5.41 Å². The molecule has 0 fully saturated rings. The highest BCUT2D eigenvalue weighted by Gasteiger charge is 2.20. The summed E-state index contributed by atoms with van der Waals surface area (Å²) in [7, 11) is 0. The predicted molar refractivity (Wildman–Crippen MR) is 43.6 cm³/mol. The van der Waals surface area contributed by atoms with E-state index in [2.05, 4.69) is 5.32 Å². The van der Waals surface area contributed by atoms with Crippen LogP contribution in [0.15, 0.2) is 0 Å². The van der Waals surface area contributed by atoms with Crippen molar-refractivity contribution in [1.29, 1.82) is 5.41 Å². The number of rotatable bonds is 5. The molecule has 0 aromatic carbocycles. The van der Waals surface area contributed by atoms with Gasteiger partial charge in [0.15, 0.2) is 0 Å². The Kier molecular flexibility index (Phi) is 4.45. The van der Waals surface area contributed by atoms with Crippen LogP contribution in [0.1, 0.15) is 6.42 Å². The fourth-order valence-electron chi connectivity index (χ4n) is 0.644. The van der Waals surface area contributed by atoms with Crippen LogP contribution in [0.5, 0.6) is 0 Å². The van der Waals surface area contributed by atoms with Gasteiger partial charge in [-0.1, -0.05) is 0 Å². The number of nitrogens with two attached hydrogens (primary N) is 1. The van der Waals surface area contributed by atoms with Gasteiger partial charge in [0.05, 0.1) is 13.0 Å². The second kappa shape index (κ2) is 5.09. The molecule has 0 aliphatic carbocycles. The van der Waals surface area contributed by atoms with Gasteiger partial charge in [-0.15, -0.1) is 0 Å². The third-order valence-electron chi connectivity index (χ3n) is 1.23. The maximum atomic E-state index is 10.4. The van der Waals surface area contributed by atoms with E-state index >= 15 is 0 Å². The third-order valence-corrected chi connectivity index (χ3v) is 1.23. The summed E-state index contributed by atoms with van der Waals surface area (Å²) in [5.74, 6) is -2.76. The molecule has 13 heavy (non-hydrogen) atoms. The lowest BCUT2D eigenvalue weighted by Gasteiger charge is -2.12. The van der Waals surface area contributed by atoms with Crippen molar-refractivity contribution < 1.29 is 19.8 Å². The van der Waals surface area contributed by atoms with E-state index in [1.165, 1.54) is 0 Å². The average Bonchev–Trinajstić information content (AvgIpc) is 2.02. The van der Waals surface area contributed by atoms with Crippen LogP contribution in [0.3, 0.4) is 0 Å². The van der Waals surface area contributed by atoms with Gasteiger partial charge in [0.1, 0.15) is 11.9 Å². The number of hydrogen-bond acceptors (Lipinski definition) is 4. The van der Waals surface area contributed by atoms with Gasteiger partial charge < -0.3 is 21.3 Å². The van der Waals surface area contributed by atoms with Crippen molar-refractivity contribution in [2.45, 2.75) is 12.5 Å². The first kappa shape index (κ1) is 11.4. The summed E-state index contributed by atoms with van der Waals surface area (Å²) in [6, 6.07) is -1.30. The van der Waals surface area contributed by atoms with Crippen LogP contribution < -0.4 is 11.1 Å². The Balaban J connectivity index is 4.18. The lowest BCUT2D eigenvalue weighted by atomic mass is 10.2. The van der Waals surface area contributed by atoms with Crippen molar-refractivity contribution in [2.24, 2.45) is 5.73 Å².